The zero-order chi connectivity index (χ0) is 14.1. The zero-order valence-electron chi connectivity index (χ0n) is 11.4. The smallest absolute Gasteiger partial charge is 0.320 e. The summed E-state index contributed by atoms with van der Waals surface area (Å²) in [6.07, 6.45) is 6.91. The van der Waals surface area contributed by atoms with Crippen LogP contribution < -0.4 is 0 Å². The lowest BCUT2D eigenvalue weighted by Crippen LogP contribution is -2.54. The number of hydrogen-bond acceptors (Lipinski definition) is 3. The predicted molar refractivity (Wildman–Crippen MR) is 84.0 cm³/mol. The predicted octanol–water partition coefficient (Wildman–Crippen LogP) is 4.12. The Morgan fingerprint density at radius 3 is 2.80 bits per heavy atom. The molecule has 0 amide bonds. The second-order valence-corrected chi connectivity index (χ2v) is 8.47. The number of carbonyl (C=O) groups is 1. The molecule has 1 N–H and O–H groups in total. The van der Waals surface area contributed by atoms with Crippen LogP contribution in [0.15, 0.2) is 15.9 Å². The average Bonchev–Trinajstić information content (AvgIpc) is 2.84. The molecule has 1 aliphatic heterocycles. The molecule has 1 saturated carbocycles. The molecule has 3 nitrogen and oxygen atoms in total. The summed E-state index contributed by atoms with van der Waals surface area (Å²) in [5.41, 5.74) is 0. The third-order valence-corrected chi connectivity index (χ3v) is 6.37. The molecule has 0 spiro atoms. The van der Waals surface area contributed by atoms with E-state index in [0.717, 1.165) is 23.2 Å². The maximum absolute atomic E-state index is 11.6. The van der Waals surface area contributed by atoms with Crippen molar-refractivity contribution >= 4 is 33.2 Å². The number of halogens is 1. The van der Waals surface area contributed by atoms with Gasteiger partial charge in [-0.1, -0.05) is 12.8 Å². The van der Waals surface area contributed by atoms with Crippen molar-refractivity contribution in [3.8, 4) is 0 Å². The molecule has 20 heavy (non-hydrogen) atoms. The molecule has 1 aromatic rings. The van der Waals surface area contributed by atoms with Crippen LogP contribution in [0.3, 0.4) is 0 Å². The van der Waals surface area contributed by atoms with Gasteiger partial charge in [-0.05, 0) is 59.7 Å². The summed E-state index contributed by atoms with van der Waals surface area (Å²) >= 11 is 5.21. The zero-order valence-corrected chi connectivity index (χ0v) is 13.8. The van der Waals surface area contributed by atoms with Crippen molar-refractivity contribution in [1.29, 1.82) is 0 Å². The number of fused-ring (bicyclic) bond motifs is 1. The highest BCUT2D eigenvalue weighted by Gasteiger charge is 2.41. The standard InChI is InChI=1S/C15H20BrNO2S/c16-14-8-6-11(20-14)9-17-12-4-2-1-3-10(12)5-7-13(17)15(18)19/h6,8,10,12-13H,1-5,7,9H2,(H,18,19). The van der Waals surface area contributed by atoms with Gasteiger partial charge in [0, 0.05) is 17.5 Å². The molecule has 3 atom stereocenters. The summed E-state index contributed by atoms with van der Waals surface area (Å²) in [6, 6.07) is 4.34. The Morgan fingerprint density at radius 2 is 2.10 bits per heavy atom. The summed E-state index contributed by atoms with van der Waals surface area (Å²) in [7, 11) is 0. The van der Waals surface area contributed by atoms with Crippen LogP contribution in [-0.4, -0.2) is 28.1 Å². The third kappa shape index (κ3) is 2.95. The van der Waals surface area contributed by atoms with Crippen molar-refractivity contribution in [3.63, 3.8) is 0 Å². The topological polar surface area (TPSA) is 40.5 Å². The molecule has 3 rings (SSSR count). The molecule has 3 unspecified atom stereocenters. The number of thiophene rings is 1. The maximum atomic E-state index is 11.6. The Bertz CT molecular complexity index is 490. The molecular formula is C15H20BrNO2S. The van der Waals surface area contributed by atoms with Gasteiger partial charge in [-0.3, -0.25) is 9.69 Å². The number of carboxylic acid groups (broad SMARTS) is 1. The minimum absolute atomic E-state index is 0.296. The molecule has 110 valence electrons. The van der Waals surface area contributed by atoms with Crippen LogP contribution in [0.1, 0.15) is 43.4 Å². The summed E-state index contributed by atoms with van der Waals surface area (Å²) < 4.78 is 1.12. The van der Waals surface area contributed by atoms with Crippen LogP contribution in [0.5, 0.6) is 0 Å². The second-order valence-electron chi connectivity index (χ2n) is 5.92. The van der Waals surface area contributed by atoms with Gasteiger partial charge in [-0.15, -0.1) is 11.3 Å². The molecule has 2 heterocycles. The van der Waals surface area contributed by atoms with Gasteiger partial charge in [0.1, 0.15) is 6.04 Å². The van der Waals surface area contributed by atoms with E-state index in [4.69, 9.17) is 0 Å². The summed E-state index contributed by atoms with van der Waals surface area (Å²) in [4.78, 5) is 15.1. The van der Waals surface area contributed by atoms with E-state index in [1.165, 1.54) is 30.6 Å². The number of piperidine rings is 1. The number of likely N-dealkylation sites (tertiary alicyclic amines) is 1. The average molecular weight is 358 g/mol. The minimum atomic E-state index is -0.648. The molecule has 0 radical (unpaired) electrons. The molecule has 0 aromatic carbocycles. The van der Waals surface area contributed by atoms with E-state index in [0.29, 0.717) is 12.0 Å². The fourth-order valence-corrected chi connectivity index (χ4v) is 5.33. The molecular weight excluding hydrogens is 338 g/mol. The van der Waals surface area contributed by atoms with Gasteiger partial charge in [0.15, 0.2) is 0 Å². The molecule has 1 saturated heterocycles. The largest absolute Gasteiger partial charge is 0.480 e. The lowest BCUT2D eigenvalue weighted by Gasteiger charge is -2.47. The van der Waals surface area contributed by atoms with Crippen molar-refractivity contribution in [2.75, 3.05) is 0 Å². The summed E-state index contributed by atoms with van der Waals surface area (Å²) in [5.74, 6) is 0.0624. The van der Waals surface area contributed by atoms with E-state index < -0.39 is 5.97 Å². The molecule has 1 aromatic heterocycles. The quantitative estimate of drug-likeness (QED) is 0.884. The van der Waals surface area contributed by atoms with E-state index in [9.17, 15) is 9.90 Å². The van der Waals surface area contributed by atoms with Crippen LogP contribution in [0.4, 0.5) is 0 Å². The molecule has 5 heteroatoms. The van der Waals surface area contributed by atoms with Crippen LogP contribution in [0.2, 0.25) is 0 Å². The van der Waals surface area contributed by atoms with Crippen molar-refractivity contribution < 1.29 is 9.90 Å². The second kappa shape index (κ2) is 6.16. The lowest BCUT2D eigenvalue weighted by molar-refractivity contribution is -0.148. The molecule has 2 aliphatic rings. The molecule has 1 aliphatic carbocycles. The van der Waals surface area contributed by atoms with E-state index in [-0.39, 0.29) is 6.04 Å². The SMILES string of the molecule is O=C(O)C1CCC2CCCCC2N1Cc1ccc(Br)s1. The van der Waals surface area contributed by atoms with E-state index >= 15 is 0 Å². The fraction of sp³-hybridized carbons (Fsp3) is 0.667. The fourth-order valence-electron chi connectivity index (χ4n) is 3.84. The van der Waals surface area contributed by atoms with Crippen molar-refractivity contribution in [2.45, 2.75) is 57.2 Å². The Hall–Kier alpha value is -0.390. The molecule has 0 bridgehead atoms. The first kappa shape index (κ1) is 14.5. The van der Waals surface area contributed by atoms with Gasteiger partial charge < -0.3 is 5.11 Å². The van der Waals surface area contributed by atoms with Gasteiger partial charge in [0.25, 0.3) is 0 Å². The Balaban J connectivity index is 1.81. The highest BCUT2D eigenvalue weighted by atomic mass is 79.9. The normalized spacial score (nSPS) is 30.9. The first-order valence-corrected chi connectivity index (χ1v) is 8.99. The Morgan fingerprint density at radius 1 is 1.30 bits per heavy atom. The number of aliphatic carboxylic acids is 1. The van der Waals surface area contributed by atoms with E-state index in [2.05, 4.69) is 33.0 Å². The van der Waals surface area contributed by atoms with Gasteiger partial charge in [0.2, 0.25) is 0 Å². The third-order valence-electron chi connectivity index (χ3n) is 4.76. The van der Waals surface area contributed by atoms with Crippen molar-refractivity contribution in [2.24, 2.45) is 5.92 Å². The first-order chi connectivity index (χ1) is 9.65. The van der Waals surface area contributed by atoms with E-state index in [1.807, 2.05) is 0 Å². The number of nitrogens with zero attached hydrogens (tertiary/aromatic N) is 1. The van der Waals surface area contributed by atoms with Crippen LogP contribution >= 0.6 is 27.3 Å². The summed E-state index contributed by atoms with van der Waals surface area (Å²) in [6.45, 7) is 0.786. The highest BCUT2D eigenvalue weighted by molar-refractivity contribution is 9.11. The van der Waals surface area contributed by atoms with Crippen LogP contribution in [0.25, 0.3) is 0 Å². The van der Waals surface area contributed by atoms with Gasteiger partial charge in [0.05, 0.1) is 3.79 Å². The first-order valence-electron chi connectivity index (χ1n) is 7.38. The number of carboxylic acids is 1. The summed E-state index contributed by atoms with van der Waals surface area (Å²) in [5, 5.41) is 9.53. The monoisotopic (exact) mass is 357 g/mol. The highest BCUT2D eigenvalue weighted by Crippen LogP contribution is 2.39. The van der Waals surface area contributed by atoms with Gasteiger partial charge in [-0.25, -0.2) is 0 Å². The van der Waals surface area contributed by atoms with Crippen LogP contribution in [-0.2, 0) is 11.3 Å². The van der Waals surface area contributed by atoms with Gasteiger partial charge in [-0.2, -0.15) is 0 Å². The Kier molecular flexibility index (Phi) is 4.48. The van der Waals surface area contributed by atoms with Gasteiger partial charge >= 0.3 is 5.97 Å². The van der Waals surface area contributed by atoms with Crippen molar-refractivity contribution in [3.05, 3.63) is 20.8 Å². The number of rotatable bonds is 3. The minimum Gasteiger partial charge on any atom is -0.480 e. The lowest BCUT2D eigenvalue weighted by atomic mass is 9.76. The molecule has 2 fully saturated rings. The number of hydrogen-bond donors (Lipinski definition) is 1. The van der Waals surface area contributed by atoms with Crippen LogP contribution in [0, 0.1) is 5.92 Å². The van der Waals surface area contributed by atoms with Crippen molar-refractivity contribution in [1.82, 2.24) is 4.90 Å². The Labute approximate surface area is 132 Å². The van der Waals surface area contributed by atoms with E-state index in [1.54, 1.807) is 11.3 Å². The maximum Gasteiger partial charge on any atom is 0.320 e.